The predicted molar refractivity (Wildman–Crippen MR) is 118 cm³/mol. The highest BCUT2D eigenvalue weighted by molar-refractivity contribution is 6.05. The normalized spacial score (nSPS) is 16.1. The fourth-order valence-corrected chi connectivity index (χ4v) is 4.04. The van der Waals surface area contributed by atoms with E-state index in [1.807, 2.05) is 25.1 Å². The van der Waals surface area contributed by atoms with Gasteiger partial charge >= 0.3 is 5.69 Å². The lowest BCUT2D eigenvalue weighted by molar-refractivity contribution is 0.0941. The SMILES string of the molecule is CCn1c(=O)[nH]c(=O)c2c(C(=O)NC(C)c3ccc4c(c3)OCCO4)cc(C3CC3)nc21. The van der Waals surface area contributed by atoms with Crippen LogP contribution in [-0.2, 0) is 6.54 Å². The molecule has 1 amide bonds. The van der Waals surface area contributed by atoms with Crippen molar-refractivity contribution in [3.8, 4) is 11.5 Å². The number of nitrogens with one attached hydrogen (secondary N) is 2. The van der Waals surface area contributed by atoms with Crippen molar-refractivity contribution >= 4 is 16.9 Å². The van der Waals surface area contributed by atoms with Gasteiger partial charge in [0.1, 0.15) is 13.2 Å². The van der Waals surface area contributed by atoms with Gasteiger partial charge in [0.2, 0.25) is 0 Å². The molecule has 32 heavy (non-hydrogen) atoms. The fraction of sp³-hybridized carbons (Fsp3) is 0.391. The number of benzene rings is 1. The van der Waals surface area contributed by atoms with Gasteiger partial charge in [-0.2, -0.15) is 0 Å². The van der Waals surface area contributed by atoms with Crippen LogP contribution in [0.15, 0.2) is 33.9 Å². The number of hydrogen-bond acceptors (Lipinski definition) is 6. The van der Waals surface area contributed by atoms with Gasteiger partial charge in [0.25, 0.3) is 11.5 Å². The quantitative estimate of drug-likeness (QED) is 0.634. The highest BCUT2D eigenvalue weighted by Crippen LogP contribution is 2.40. The second-order valence-electron chi connectivity index (χ2n) is 8.17. The zero-order valence-electron chi connectivity index (χ0n) is 17.9. The molecule has 0 radical (unpaired) electrons. The van der Waals surface area contributed by atoms with E-state index in [-0.39, 0.29) is 28.6 Å². The second-order valence-corrected chi connectivity index (χ2v) is 8.17. The van der Waals surface area contributed by atoms with Crippen molar-refractivity contribution in [2.24, 2.45) is 0 Å². The van der Waals surface area contributed by atoms with Gasteiger partial charge in [-0.1, -0.05) is 6.07 Å². The van der Waals surface area contributed by atoms with Crippen molar-refractivity contribution in [3.63, 3.8) is 0 Å². The molecule has 1 fully saturated rings. The number of fused-ring (bicyclic) bond motifs is 2. The largest absolute Gasteiger partial charge is 0.486 e. The van der Waals surface area contributed by atoms with Crippen LogP contribution < -0.4 is 26.0 Å². The van der Waals surface area contributed by atoms with E-state index in [1.165, 1.54) is 4.57 Å². The Morgan fingerprint density at radius 3 is 2.69 bits per heavy atom. The van der Waals surface area contributed by atoms with Gasteiger partial charge < -0.3 is 14.8 Å². The molecule has 1 unspecified atom stereocenters. The van der Waals surface area contributed by atoms with Gasteiger partial charge in [-0.15, -0.1) is 0 Å². The van der Waals surface area contributed by atoms with E-state index in [0.717, 1.165) is 24.1 Å². The molecule has 1 atom stereocenters. The lowest BCUT2D eigenvalue weighted by Crippen LogP contribution is -2.33. The van der Waals surface area contributed by atoms with E-state index in [4.69, 9.17) is 9.47 Å². The summed E-state index contributed by atoms with van der Waals surface area (Å²) in [5.74, 6) is 1.18. The molecule has 2 N–H and O–H groups in total. The average Bonchev–Trinajstić information content (AvgIpc) is 3.63. The van der Waals surface area contributed by atoms with Crippen LogP contribution in [0.5, 0.6) is 11.5 Å². The van der Waals surface area contributed by atoms with Gasteiger partial charge in [-0.05, 0) is 50.5 Å². The molecule has 9 nitrogen and oxygen atoms in total. The van der Waals surface area contributed by atoms with E-state index >= 15 is 0 Å². The van der Waals surface area contributed by atoms with E-state index in [0.29, 0.717) is 31.3 Å². The molecule has 0 saturated heterocycles. The van der Waals surface area contributed by atoms with Crippen LogP contribution in [0.3, 0.4) is 0 Å². The number of amides is 1. The zero-order chi connectivity index (χ0) is 22.4. The minimum Gasteiger partial charge on any atom is -0.486 e. The molecule has 166 valence electrons. The van der Waals surface area contributed by atoms with Crippen molar-refractivity contribution in [3.05, 3.63) is 61.9 Å². The minimum atomic E-state index is -0.610. The Kier molecular flexibility index (Phi) is 4.96. The molecular formula is C23H24N4O5. The van der Waals surface area contributed by atoms with Gasteiger partial charge in [0, 0.05) is 18.2 Å². The molecule has 1 aliphatic carbocycles. The Morgan fingerprint density at radius 2 is 1.97 bits per heavy atom. The number of aromatic amines is 1. The van der Waals surface area contributed by atoms with Crippen molar-refractivity contribution in [1.29, 1.82) is 0 Å². The van der Waals surface area contributed by atoms with Crippen LogP contribution in [-0.4, -0.2) is 33.7 Å². The summed E-state index contributed by atoms with van der Waals surface area (Å²) in [5.41, 5.74) is 0.931. The summed E-state index contributed by atoms with van der Waals surface area (Å²) >= 11 is 0. The number of ether oxygens (including phenoxy) is 2. The number of aryl methyl sites for hydroxylation is 1. The number of rotatable bonds is 5. The number of pyridine rings is 1. The lowest BCUT2D eigenvalue weighted by Gasteiger charge is -2.21. The predicted octanol–water partition coefficient (Wildman–Crippen LogP) is 2.24. The standard InChI is InChI=1S/C23H24N4O5/c1-3-27-20-19(22(29)26-23(27)30)15(11-16(25-20)13-4-5-13)21(28)24-12(2)14-6-7-17-18(10-14)32-9-8-31-17/h6-7,10-13H,3-5,8-9H2,1-2H3,(H,24,28)(H,26,29,30). The summed E-state index contributed by atoms with van der Waals surface area (Å²) in [4.78, 5) is 45.2. The molecule has 3 aromatic rings. The topological polar surface area (TPSA) is 115 Å². The first-order chi connectivity index (χ1) is 15.5. The summed E-state index contributed by atoms with van der Waals surface area (Å²) < 4.78 is 12.6. The number of aromatic nitrogens is 3. The van der Waals surface area contributed by atoms with Crippen LogP contribution in [0.2, 0.25) is 0 Å². The maximum Gasteiger partial charge on any atom is 0.329 e. The highest BCUT2D eigenvalue weighted by Gasteiger charge is 2.29. The van der Waals surface area contributed by atoms with Crippen LogP contribution in [0.1, 0.15) is 60.3 Å². The number of H-pyrrole nitrogens is 1. The maximum atomic E-state index is 13.3. The fourth-order valence-electron chi connectivity index (χ4n) is 4.04. The number of hydrogen-bond donors (Lipinski definition) is 2. The van der Waals surface area contributed by atoms with E-state index < -0.39 is 17.2 Å². The summed E-state index contributed by atoms with van der Waals surface area (Å²) in [5, 5.41) is 3.10. The number of nitrogens with zero attached hydrogens (tertiary/aromatic N) is 2. The van der Waals surface area contributed by atoms with Crippen molar-refractivity contribution in [2.45, 2.75) is 45.2 Å². The Balaban J connectivity index is 1.54. The molecule has 1 aliphatic heterocycles. The minimum absolute atomic E-state index is 0.128. The molecule has 2 aromatic heterocycles. The molecule has 1 saturated carbocycles. The van der Waals surface area contributed by atoms with Crippen LogP contribution in [0, 0.1) is 0 Å². The van der Waals surface area contributed by atoms with Crippen LogP contribution in [0.25, 0.3) is 11.0 Å². The first-order valence-corrected chi connectivity index (χ1v) is 10.8. The number of carbonyl (C=O) groups excluding carboxylic acids is 1. The molecule has 0 bridgehead atoms. The smallest absolute Gasteiger partial charge is 0.329 e. The zero-order valence-corrected chi connectivity index (χ0v) is 17.9. The second kappa shape index (κ2) is 7.81. The van der Waals surface area contributed by atoms with Crippen molar-refractivity contribution < 1.29 is 14.3 Å². The maximum absolute atomic E-state index is 13.3. The van der Waals surface area contributed by atoms with Gasteiger partial charge in [0.15, 0.2) is 17.1 Å². The third-order valence-corrected chi connectivity index (χ3v) is 5.94. The summed E-state index contributed by atoms with van der Waals surface area (Å²) in [6.07, 6.45) is 1.96. The van der Waals surface area contributed by atoms with Crippen LogP contribution in [0.4, 0.5) is 0 Å². The Morgan fingerprint density at radius 1 is 1.22 bits per heavy atom. The van der Waals surface area contributed by atoms with E-state index in [2.05, 4.69) is 15.3 Å². The summed E-state index contributed by atoms with van der Waals surface area (Å²) in [7, 11) is 0. The van der Waals surface area contributed by atoms with E-state index in [1.54, 1.807) is 13.0 Å². The highest BCUT2D eigenvalue weighted by atomic mass is 16.6. The molecule has 5 rings (SSSR count). The van der Waals surface area contributed by atoms with Gasteiger partial charge in [-0.25, -0.2) is 9.78 Å². The van der Waals surface area contributed by atoms with E-state index in [9.17, 15) is 14.4 Å². The third-order valence-electron chi connectivity index (χ3n) is 5.94. The van der Waals surface area contributed by atoms with Crippen molar-refractivity contribution in [1.82, 2.24) is 19.9 Å². The lowest BCUT2D eigenvalue weighted by atomic mass is 10.0. The molecular weight excluding hydrogens is 412 g/mol. The Labute approximate surface area is 183 Å². The van der Waals surface area contributed by atoms with Crippen LogP contribution >= 0.6 is 0 Å². The molecule has 1 aromatic carbocycles. The van der Waals surface area contributed by atoms with Gasteiger partial charge in [-0.3, -0.25) is 19.1 Å². The average molecular weight is 436 g/mol. The van der Waals surface area contributed by atoms with Gasteiger partial charge in [0.05, 0.1) is 17.0 Å². The Bertz CT molecular complexity index is 1340. The molecule has 3 heterocycles. The summed E-state index contributed by atoms with van der Waals surface area (Å²) in [6, 6.07) is 6.89. The monoisotopic (exact) mass is 436 g/mol. The molecule has 0 spiro atoms. The third kappa shape index (κ3) is 3.53. The first-order valence-electron chi connectivity index (χ1n) is 10.8. The number of carbonyl (C=O) groups is 1. The Hall–Kier alpha value is -3.62. The van der Waals surface area contributed by atoms with Crippen molar-refractivity contribution in [2.75, 3.05) is 13.2 Å². The summed E-state index contributed by atoms with van der Waals surface area (Å²) in [6.45, 7) is 4.98. The first kappa shape index (κ1) is 20.3. The molecule has 2 aliphatic rings. The molecule has 9 heteroatoms.